The Morgan fingerprint density at radius 3 is 2.16 bits per heavy atom. The summed E-state index contributed by atoms with van der Waals surface area (Å²) in [4.78, 5) is 12.6. The highest BCUT2D eigenvalue weighted by Gasteiger charge is 2.33. The largest absolute Gasteiger partial charge is 0.487 e. The molecule has 2 aromatic carbocycles. The summed E-state index contributed by atoms with van der Waals surface area (Å²) >= 11 is 0. The predicted molar refractivity (Wildman–Crippen MR) is 175 cm³/mol. The molecule has 7 heteroatoms. The first-order chi connectivity index (χ1) is 20.2. The van der Waals surface area contributed by atoms with E-state index in [1.807, 2.05) is 25.5 Å². The summed E-state index contributed by atoms with van der Waals surface area (Å²) in [5.41, 5.74) is 7.48. The van der Waals surface area contributed by atoms with E-state index in [-0.39, 0.29) is 10.5 Å². The minimum atomic E-state index is -4.04. The summed E-state index contributed by atoms with van der Waals surface area (Å²) in [6.45, 7) is 16.6. The third kappa shape index (κ3) is 10.1. The van der Waals surface area contributed by atoms with Crippen molar-refractivity contribution >= 4 is 16.1 Å². The summed E-state index contributed by atoms with van der Waals surface area (Å²) < 4.78 is 39.3. The topological polar surface area (TPSA) is 81.7 Å². The normalized spacial score (nSPS) is 17.1. The Morgan fingerprint density at radius 1 is 0.930 bits per heavy atom. The molecule has 234 valence electrons. The van der Waals surface area contributed by atoms with Gasteiger partial charge in [-0.3, -0.25) is 0 Å². The predicted octanol–water partition coefficient (Wildman–Crippen LogP) is 9.37. The summed E-state index contributed by atoms with van der Waals surface area (Å²) in [7, 11) is -4.04. The van der Waals surface area contributed by atoms with E-state index in [1.165, 1.54) is 28.9 Å². The zero-order chi connectivity index (χ0) is 31.8. The molecule has 1 amide bonds. The van der Waals surface area contributed by atoms with Crippen molar-refractivity contribution in [2.75, 3.05) is 0 Å². The molecule has 0 spiro atoms. The summed E-state index contributed by atoms with van der Waals surface area (Å²) in [5.74, 6) is 1.17. The van der Waals surface area contributed by atoms with Gasteiger partial charge in [-0.2, -0.15) is 0 Å². The average molecular weight is 608 g/mol. The molecule has 3 rings (SSSR count). The number of sulfonamides is 1. The average Bonchev–Trinajstić information content (AvgIpc) is 2.92. The number of amides is 1. The monoisotopic (exact) mass is 607 g/mol. The van der Waals surface area contributed by atoms with Gasteiger partial charge in [0.25, 0.3) is 10.0 Å². The van der Waals surface area contributed by atoms with Crippen LogP contribution in [0.15, 0.2) is 70.2 Å². The lowest BCUT2D eigenvalue weighted by atomic mass is 9.86. The van der Waals surface area contributed by atoms with Crippen LogP contribution >= 0.6 is 0 Å². The number of ether oxygens (including phenoxy) is 2. The second-order valence-electron chi connectivity index (χ2n) is 12.5. The fourth-order valence-corrected chi connectivity index (χ4v) is 6.08. The van der Waals surface area contributed by atoms with Gasteiger partial charge in [0.1, 0.15) is 17.1 Å². The molecule has 1 unspecified atom stereocenters. The molecule has 0 aliphatic carbocycles. The number of allylic oxidation sites excluding steroid dienone is 6. The molecular formula is C36H49NO5S. The molecule has 0 fully saturated rings. The third-order valence-electron chi connectivity index (χ3n) is 8.18. The first-order valence-electron chi connectivity index (χ1n) is 15.3. The van der Waals surface area contributed by atoms with Gasteiger partial charge in [-0.05, 0) is 142 Å². The quantitative estimate of drug-likeness (QED) is 0.243. The fourth-order valence-electron chi connectivity index (χ4n) is 5.20. The fraction of sp³-hybridized carbons (Fsp3) is 0.472. The smallest absolute Gasteiger partial charge is 0.426 e. The van der Waals surface area contributed by atoms with E-state index in [0.29, 0.717) is 5.75 Å². The van der Waals surface area contributed by atoms with Gasteiger partial charge in [0, 0.05) is 0 Å². The van der Waals surface area contributed by atoms with E-state index in [9.17, 15) is 13.2 Å². The minimum Gasteiger partial charge on any atom is -0.487 e. The zero-order valence-electron chi connectivity index (χ0n) is 27.2. The standard InChI is InChI=1S/C36H49NO5S/c1-25(2)12-9-13-26(3)14-10-15-27(4)16-11-22-36(8)23-21-31-24-33(29(6)30(7)34(31)42-36)41-35(38)37-43(39,40)32-19-17-28(5)18-20-32/h12,14,16-20,24H,9-11,13,15,21-23H2,1-8H3,(H,37,38). The van der Waals surface area contributed by atoms with Crippen LogP contribution in [0.4, 0.5) is 4.79 Å². The molecule has 43 heavy (non-hydrogen) atoms. The summed E-state index contributed by atoms with van der Waals surface area (Å²) in [6, 6.07) is 8.07. The molecule has 0 aromatic heterocycles. The molecule has 1 aliphatic heterocycles. The van der Waals surface area contributed by atoms with Gasteiger partial charge in [-0.25, -0.2) is 17.9 Å². The number of aryl methyl sites for hydroxylation is 2. The first kappa shape index (κ1) is 34.2. The summed E-state index contributed by atoms with van der Waals surface area (Å²) in [5, 5.41) is 0. The molecule has 0 radical (unpaired) electrons. The number of carbonyl (C=O) groups is 1. The zero-order valence-corrected chi connectivity index (χ0v) is 28.0. The Hall–Kier alpha value is -3.32. The Bertz CT molecular complexity index is 1500. The van der Waals surface area contributed by atoms with Crippen molar-refractivity contribution in [1.29, 1.82) is 0 Å². The number of rotatable bonds is 12. The molecule has 1 heterocycles. The number of hydrogen-bond donors (Lipinski definition) is 1. The van der Waals surface area contributed by atoms with Crippen LogP contribution in [0.25, 0.3) is 0 Å². The highest BCUT2D eigenvalue weighted by atomic mass is 32.2. The Labute approximate surface area is 259 Å². The molecule has 1 atom stereocenters. The van der Waals surface area contributed by atoms with Crippen LogP contribution in [0.3, 0.4) is 0 Å². The lowest BCUT2D eigenvalue weighted by Crippen LogP contribution is -2.37. The highest BCUT2D eigenvalue weighted by Crippen LogP contribution is 2.42. The van der Waals surface area contributed by atoms with Crippen molar-refractivity contribution in [1.82, 2.24) is 4.72 Å². The lowest BCUT2D eigenvalue weighted by molar-refractivity contribution is 0.0560. The van der Waals surface area contributed by atoms with Gasteiger partial charge in [-0.1, -0.05) is 52.6 Å². The van der Waals surface area contributed by atoms with E-state index in [4.69, 9.17) is 9.47 Å². The van der Waals surface area contributed by atoms with Crippen molar-refractivity contribution in [3.05, 3.63) is 87.5 Å². The molecule has 1 aliphatic rings. The third-order valence-corrected chi connectivity index (χ3v) is 9.51. The van der Waals surface area contributed by atoms with Gasteiger partial charge in [0.05, 0.1) is 4.90 Å². The second kappa shape index (κ2) is 14.9. The molecule has 0 saturated carbocycles. The van der Waals surface area contributed by atoms with Crippen LogP contribution in [-0.2, 0) is 16.4 Å². The maximum Gasteiger partial charge on any atom is 0.426 e. The molecule has 2 aromatic rings. The van der Waals surface area contributed by atoms with Gasteiger partial charge < -0.3 is 9.47 Å². The lowest BCUT2D eigenvalue weighted by Gasteiger charge is -2.37. The molecule has 6 nitrogen and oxygen atoms in total. The Morgan fingerprint density at radius 2 is 1.53 bits per heavy atom. The molecule has 1 N–H and O–H groups in total. The Kier molecular flexibility index (Phi) is 11.9. The maximum absolute atomic E-state index is 12.6. The van der Waals surface area contributed by atoms with Gasteiger partial charge in [0.15, 0.2) is 0 Å². The van der Waals surface area contributed by atoms with E-state index >= 15 is 0 Å². The Balaban J connectivity index is 1.57. The summed E-state index contributed by atoms with van der Waals surface area (Å²) in [6.07, 6.45) is 13.8. The highest BCUT2D eigenvalue weighted by molar-refractivity contribution is 7.90. The number of benzene rings is 2. The number of nitrogens with one attached hydrogen (secondary N) is 1. The van der Waals surface area contributed by atoms with Gasteiger partial charge in [0.2, 0.25) is 0 Å². The molecule has 0 saturated heterocycles. The maximum atomic E-state index is 12.6. The minimum absolute atomic E-state index is 0.00350. The van der Waals surface area contributed by atoms with Crippen LogP contribution < -0.4 is 14.2 Å². The van der Waals surface area contributed by atoms with E-state index in [2.05, 4.69) is 52.8 Å². The number of fused-ring (bicyclic) bond motifs is 1. The van der Waals surface area contributed by atoms with Crippen LogP contribution in [0.2, 0.25) is 0 Å². The van der Waals surface area contributed by atoms with E-state index in [1.54, 1.807) is 18.2 Å². The van der Waals surface area contributed by atoms with Gasteiger partial charge >= 0.3 is 6.09 Å². The molecule has 0 bridgehead atoms. The van der Waals surface area contributed by atoms with Crippen LogP contribution in [0.5, 0.6) is 11.5 Å². The first-order valence-corrected chi connectivity index (χ1v) is 16.8. The SMILES string of the molecule is CC(C)=CCCC(C)=CCCC(C)=CCCC1(C)CCc2cc(OC(=O)NS(=O)(=O)c3ccc(C)cc3)c(C)c(C)c2O1. The van der Waals surface area contributed by atoms with Crippen molar-refractivity contribution < 1.29 is 22.7 Å². The van der Waals surface area contributed by atoms with E-state index < -0.39 is 16.1 Å². The van der Waals surface area contributed by atoms with Crippen molar-refractivity contribution in [3.63, 3.8) is 0 Å². The van der Waals surface area contributed by atoms with E-state index in [0.717, 1.165) is 79.4 Å². The molecular weight excluding hydrogens is 558 g/mol. The second-order valence-corrected chi connectivity index (χ2v) is 14.2. The van der Waals surface area contributed by atoms with Crippen LogP contribution in [0, 0.1) is 20.8 Å². The van der Waals surface area contributed by atoms with Crippen molar-refractivity contribution in [2.45, 2.75) is 117 Å². The van der Waals surface area contributed by atoms with Crippen LogP contribution in [-0.4, -0.2) is 20.1 Å². The van der Waals surface area contributed by atoms with Crippen LogP contribution in [0.1, 0.15) is 102 Å². The number of carbonyl (C=O) groups excluding carboxylic acids is 1. The van der Waals surface area contributed by atoms with Gasteiger partial charge in [-0.15, -0.1) is 0 Å². The number of hydrogen-bond acceptors (Lipinski definition) is 5. The van der Waals surface area contributed by atoms with Crippen molar-refractivity contribution in [3.8, 4) is 11.5 Å². The van der Waals surface area contributed by atoms with Crippen molar-refractivity contribution in [2.24, 2.45) is 0 Å².